The smallest absolute Gasteiger partial charge is 0.415 e. The van der Waals surface area contributed by atoms with Crippen molar-refractivity contribution in [2.45, 2.75) is 43.2 Å². The Hall–Kier alpha value is -3.48. The van der Waals surface area contributed by atoms with E-state index in [1.165, 1.54) is 29.2 Å². The molecule has 3 rings (SSSR count). The lowest BCUT2D eigenvalue weighted by Gasteiger charge is -2.32. The molecule has 1 aliphatic heterocycles. The van der Waals surface area contributed by atoms with Crippen molar-refractivity contribution in [2.75, 3.05) is 47.8 Å². The van der Waals surface area contributed by atoms with Gasteiger partial charge in [0.15, 0.2) is 0 Å². The van der Waals surface area contributed by atoms with Gasteiger partial charge in [0.05, 0.1) is 10.9 Å². The number of hydrogen-bond acceptors (Lipinski definition) is 8. The first-order chi connectivity index (χ1) is 18.8. The highest BCUT2D eigenvalue weighted by Gasteiger charge is 2.44. The summed E-state index contributed by atoms with van der Waals surface area (Å²) in [6, 6.07) is 9.67. The van der Waals surface area contributed by atoms with Gasteiger partial charge in [-0.1, -0.05) is 29.8 Å². The highest BCUT2D eigenvalue weighted by atomic mass is 32.2. The normalized spacial score (nSPS) is 16.5. The molecular weight excluding hydrogens is 536 g/mol. The van der Waals surface area contributed by atoms with Gasteiger partial charge in [0.1, 0.15) is 11.8 Å². The predicted molar refractivity (Wildman–Crippen MR) is 150 cm³/mol. The fourth-order valence-corrected chi connectivity index (χ4v) is 6.01. The molecule has 1 N–H and O–H groups in total. The van der Waals surface area contributed by atoms with Crippen LogP contribution in [0.4, 0.5) is 4.79 Å². The second kappa shape index (κ2) is 13.2. The van der Waals surface area contributed by atoms with Gasteiger partial charge in [0.2, 0.25) is 0 Å². The van der Waals surface area contributed by atoms with Gasteiger partial charge in [-0.05, 0) is 77.3 Å². The van der Waals surface area contributed by atoms with Crippen LogP contribution in [0.5, 0.6) is 5.75 Å². The van der Waals surface area contributed by atoms with Crippen LogP contribution in [0, 0.1) is 6.92 Å². The van der Waals surface area contributed by atoms with Crippen molar-refractivity contribution in [1.82, 2.24) is 19.0 Å². The summed E-state index contributed by atoms with van der Waals surface area (Å²) in [5.74, 6) is -1.95. The number of carboxylic acid groups (broad SMARTS) is 1. The first-order valence-electron chi connectivity index (χ1n) is 13.1. The number of rotatable bonds is 11. The van der Waals surface area contributed by atoms with Gasteiger partial charge in [-0.15, -0.1) is 0 Å². The summed E-state index contributed by atoms with van der Waals surface area (Å²) in [5, 5.41) is 10.2. The maximum absolute atomic E-state index is 13.8. The van der Waals surface area contributed by atoms with E-state index in [0.29, 0.717) is 42.3 Å². The minimum Gasteiger partial charge on any atom is -0.480 e. The summed E-state index contributed by atoms with van der Waals surface area (Å²) in [5.41, 5.74) is 1.29. The van der Waals surface area contributed by atoms with Crippen molar-refractivity contribution in [3.63, 3.8) is 0 Å². The molecule has 1 saturated heterocycles. The fourth-order valence-electron chi connectivity index (χ4n) is 4.44. The largest absolute Gasteiger partial charge is 0.480 e. The zero-order valence-corrected chi connectivity index (χ0v) is 24.4. The van der Waals surface area contributed by atoms with Gasteiger partial charge < -0.3 is 19.6 Å². The molecule has 11 nitrogen and oxygen atoms in total. The van der Waals surface area contributed by atoms with Crippen LogP contribution in [0.2, 0.25) is 0 Å². The molecule has 1 aliphatic rings. The predicted octanol–water partition coefficient (Wildman–Crippen LogP) is 2.29. The van der Waals surface area contributed by atoms with E-state index >= 15 is 0 Å². The van der Waals surface area contributed by atoms with Crippen LogP contribution in [-0.2, 0) is 26.0 Å². The van der Waals surface area contributed by atoms with Gasteiger partial charge in [-0.3, -0.25) is 9.69 Å². The third-order valence-electron chi connectivity index (χ3n) is 6.92. The number of amides is 2. The van der Waals surface area contributed by atoms with E-state index in [0.717, 1.165) is 5.56 Å². The monoisotopic (exact) mass is 574 g/mol. The first-order valence-corrected chi connectivity index (χ1v) is 14.5. The standard InChI is InChI=1S/C28H38N4O7S/c1-20-8-14-23(15-9-20)40(37,38)32(26(33)24-7-6-16-30(24)4)25(27(34)35)19-21-10-12-22(13-11-21)39-28(36)31(5)18-17-29(2)3/h8-15,24-25H,6-7,16-19H2,1-5H3,(H,34,35)/t24-,25+/m0/s1. The molecule has 0 bridgehead atoms. The molecule has 0 unspecified atom stereocenters. The van der Waals surface area contributed by atoms with Gasteiger partial charge in [0, 0.05) is 26.6 Å². The van der Waals surface area contributed by atoms with E-state index in [4.69, 9.17) is 4.74 Å². The van der Waals surface area contributed by atoms with Crippen LogP contribution in [0.15, 0.2) is 53.4 Å². The summed E-state index contributed by atoms with van der Waals surface area (Å²) >= 11 is 0. The number of hydrogen-bond donors (Lipinski definition) is 1. The Morgan fingerprint density at radius 3 is 2.17 bits per heavy atom. The molecule has 0 spiro atoms. The lowest BCUT2D eigenvalue weighted by atomic mass is 10.0. The average molecular weight is 575 g/mol. The van der Waals surface area contributed by atoms with Crippen LogP contribution in [0.3, 0.4) is 0 Å². The molecule has 2 aromatic carbocycles. The number of ether oxygens (including phenoxy) is 1. The third-order valence-corrected chi connectivity index (χ3v) is 8.74. The number of benzene rings is 2. The van der Waals surface area contributed by atoms with Crippen LogP contribution in [0.1, 0.15) is 24.0 Å². The fraction of sp³-hybridized carbons (Fsp3) is 0.464. The topological polar surface area (TPSA) is 128 Å². The number of carbonyl (C=O) groups excluding carboxylic acids is 2. The third kappa shape index (κ3) is 7.58. The number of carboxylic acids is 1. The molecule has 2 aromatic rings. The van der Waals surface area contributed by atoms with Crippen LogP contribution < -0.4 is 4.74 Å². The molecule has 0 saturated carbocycles. The van der Waals surface area contributed by atoms with Gasteiger partial charge in [0.25, 0.3) is 15.9 Å². The molecule has 12 heteroatoms. The maximum atomic E-state index is 13.8. The summed E-state index contributed by atoms with van der Waals surface area (Å²) in [6.07, 6.45) is 0.331. The number of aliphatic carboxylic acids is 1. The van der Waals surface area contributed by atoms with Crippen LogP contribution in [-0.4, -0.2) is 110 Å². The van der Waals surface area contributed by atoms with Gasteiger partial charge >= 0.3 is 12.1 Å². The van der Waals surface area contributed by atoms with Crippen molar-refractivity contribution >= 4 is 28.0 Å². The zero-order chi connectivity index (χ0) is 29.6. The van der Waals surface area contributed by atoms with E-state index in [1.54, 1.807) is 50.2 Å². The van der Waals surface area contributed by atoms with Crippen molar-refractivity contribution in [1.29, 1.82) is 0 Å². The number of likely N-dealkylation sites (tertiary alicyclic amines) is 1. The Bertz CT molecular complexity index is 1300. The molecule has 2 amide bonds. The quantitative estimate of drug-likeness (QED) is 0.430. The Morgan fingerprint density at radius 2 is 1.65 bits per heavy atom. The summed E-state index contributed by atoms with van der Waals surface area (Å²) in [7, 11) is 2.65. The lowest BCUT2D eigenvalue weighted by Crippen LogP contribution is -2.54. The molecule has 2 atom stereocenters. The van der Waals surface area contributed by atoms with Crippen molar-refractivity contribution in [3.8, 4) is 5.75 Å². The van der Waals surface area contributed by atoms with Gasteiger partial charge in [-0.25, -0.2) is 22.3 Å². The minimum absolute atomic E-state index is 0.154. The summed E-state index contributed by atoms with van der Waals surface area (Å²) in [6.45, 7) is 3.55. The molecule has 40 heavy (non-hydrogen) atoms. The second-order valence-electron chi connectivity index (χ2n) is 10.4. The van der Waals surface area contributed by atoms with E-state index in [1.807, 2.05) is 19.0 Å². The highest BCUT2D eigenvalue weighted by molar-refractivity contribution is 7.89. The first kappa shape index (κ1) is 31.1. The minimum atomic E-state index is -4.49. The van der Waals surface area contributed by atoms with E-state index in [-0.39, 0.29) is 17.1 Å². The molecule has 0 aromatic heterocycles. The van der Waals surface area contributed by atoms with Gasteiger partial charge in [-0.2, -0.15) is 0 Å². The molecule has 0 radical (unpaired) electrons. The molecule has 218 valence electrons. The zero-order valence-electron chi connectivity index (χ0n) is 23.6. The second-order valence-corrected chi connectivity index (χ2v) is 12.2. The van der Waals surface area contributed by atoms with Crippen molar-refractivity contribution < 1.29 is 32.6 Å². The summed E-state index contributed by atoms with van der Waals surface area (Å²) in [4.78, 5) is 43.5. The van der Waals surface area contributed by atoms with E-state index in [9.17, 15) is 27.9 Å². The SMILES string of the molecule is Cc1ccc(S(=O)(=O)N(C(=O)[C@@H]2CCCN2C)[C@H](Cc2ccc(OC(=O)N(C)CCN(C)C)cc2)C(=O)O)cc1. The van der Waals surface area contributed by atoms with Crippen LogP contribution >= 0.6 is 0 Å². The van der Waals surface area contributed by atoms with Crippen molar-refractivity contribution in [3.05, 3.63) is 59.7 Å². The molecule has 1 fully saturated rings. The average Bonchev–Trinajstić information content (AvgIpc) is 3.33. The Kier molecular flexibility index (Phi) is 10.3. The highest BCUT2D eigenvalue weighted by Crippen LogP contribution is 2.27. The van der Waals surface area contributed by atoms with Crippen LogP contribution in [0.25, 0.3) is 0 Å². The summed E-state index contributed by atoms with van der Waals surface area (Å²) < 4.78 is 33.5. The Morgan fingerprint density at radius 1 is 1.02 bits per heavy atom. The maximum Gasteiger partial charge on any atom is 0.415 e. The molecule has 1 heterocycles. The Labute approximate surface area is 236 Å². The number of likely N-dealkylation sites (N-methyl/N-ethyl adjacent to an activating group) is 3. The molecule has 0 aliphatic carbocycles. The van der Waals surface area contributed by atoms with E-state index < -0.39 is 40.1 Å². The van der Waals surface area contributed by atoms with E-state index in [2.05, 4.69) is 0 Å². The number of nitrogens with zero attached hydrogens (tertiary/aromatic N) is 4. The van der Waals surface area contributed by atoms with Crippen molar-refractivity contribution in [2.24, 2.45) is 0 Å². The Balaban J connectivity index is 1.88. The molecular formula is C28H38N4O7S. The number of aryl methyl sites for hydroxylation is 1. The number of carbonyl (C=O) groups is 3. The lowest BCUT2D eigenvalue weighted by molar-refractivity contribution is -0.147. The number of sulfonamides is 1.